The highest BCUT2D eigenvalue weighted by molar-refractivity contribution is 5.95. The van der Waals surface area contributed by atoms with Crippen LogP contribution in [0.4, 0.5) is 0 Å². The molecule has 1 amide bonds. The Morgan fingerprint density at radius 2 is 2.10 bits per heavy atom. The molecule has 2 aromatic rings. The van der Waals surface area contributed by atoms with Crippen LogP contribution in [-0.4, -0.2) is 27.0 Å². The van der Waals surface area contributed by atoms with E-state index in [1.54, 1.807) is 18.3 Å². The summed E-state index contributed by atoms with van der Waals surface area (Å²) in [6.07, 6.45) is 4.29. The highest BCUT2D eigenvalue weighted by atomic mass is 16.1. The Hall–Kier alpha value is -2.17. The van der Waals surface area contributed by atoms with E-state index in [2.05, 4.69) is 33.7 Å². The molecule has 0 aromatic carbocycles. The molecule has 0 aliphatic heterocycles. The van der Waals surface area contributed by atoms with Gasteiger partial charge in [0.2, 0.25) is 0 Å². The molecule has 0 spiro atoms. The average Bonchev–Trinajstić information content (AvgIpc) is 2.80. The Kier molecular flexibility index (Phi) is 4.73. The largest absolute Gasteiger partial charge is 0.352 e. The maximum absolute atomic E-state index is 12.1. The van der Waals surface area contributed by atoms with Crippen LogP contribution >= 0.6 is 0 Å². The minimum Gasteiger partial charge on any atom is -0.352 e. The molecule has 0 aliphatic rings. The molecule has 1 N–H and O–H groups in total. The minimum absolute atomic E-state index is 0.0834. The van der Waals surface area contributed by atoms with Crippen molar-refractivity contribution in [2.75, 3.05) is 6.54 Å². The van der Waals surface area contributed by atoms with Gasteiger partial charge in [-0.05, 0) is 39.8 Å². The average molecular weight is 286 g/mol. The van der Waals surface area contributed by atoms with Gasteiger partial charge >= 0.3 is 0 Å². The van der Waals surface area contributed by atoms with Gasteiger partial charge < -0.3 is 9.88 Å². The zero-order valence-electron chi connectivity index (χ0n) is 13.1. The van der Waals surface area contributed by atoms with Crippen LogP contribution in [0.1, 0.15) is 47.5 Å². The van der Waals surface area contributed by atoms with Crippen molar-refractivity contribution in [1.29, 1.82) is 0 Å². The molecular formula is C16H22N4O. The van der Waals surface area contributed by atoms with Crippen molar-refractivity contribution in [2.24, 2.45) is 0 Å². The molecule has 2 rings (SSSR count). The fraction of sp³-hybridized carbons (Fsp3) is 0.438. The first-order valence-corrected chi connectivity index (χ1v) is 7.23. The molecule has 0 aliphatic carbocycles. The molecule has 0 fully saturated rings. The zero-order valence-corrected chi connectivity index (χ0v) is 13.1. The molecule has 2 aromatic heterocycles. The van der Waals surface area contributed by atoms with Crippen LogP contribution in [-0.2, 0) is 6.42 Å². The van der Waals surface area contributed by atoms with Gasteiger partial charge in [-0.25, -0.2) is 4.98 Å². The lowest BCUT2D eigenvalue weighted by Crippen LogP contribution is -2.27. The summed E-state index contributed by atoms with van der Waals surface area (Å²) in [7, 11) is 0. The van der Waals surface area contributed by atoms with Crippen molar-refractivity contribution in [1.82, 2.24) is 19.9 Å². The van der Waals surface area contributed by atoms with E-state index in [4.69, 9.17) is 0 Å². The van der Waals surface area contributed by atoms with Gasteiger partial charge in [0.25, 0.3) is 5.91 Å². The molecule has 0 unspecified atom stereocenters. The van der Waals surface area contributed by atoms with Gasteiger partial charge in [0.05, 0.1) is 5.56 Å². The first-order valence-electron chi connectivity index (χ1n) is 7.23. The summed E-state index contributed by atoms with van der Waals surface area (Å²) >= 11 is 0. The fourth-order valence-electron chi connectivity index (χ4n) is 2.49. The number of imidazole rings is 1. The highest BCUT2D eigenvalue weighted by Crippen LogP contribution is 2.13. The van der Waals surface area contributed by atoms with E-state index in [9.17, 15) is 4.79 Å². The minimum atomic E-state index is -0.0834. The predicted molar refractivity (Wildman–Crippen MR) is 82.4 cm³/mol. The summed E-state index contributed by atoms with van der Waals surface area (Å²) in [5.74, 6) is 0.922. The van der Waals surface area contributed by atoms with Gasteiger partial charge in [0.1, 0.15) is 5.82 Å². The monoisotopic (exact) mass is 286 g/mol. The molecule has 0 radical (unpaired) electrons. The molecule has 0 saturated heterocycles. The standard InChI is InChI=1S/C16H22N4O/c1-11(2)20-12(3)10-19-15(20)7-9-18-16(21)14-6-5-8-17-13(14)4/h5-6,8,10-11H,7,9H2,1-4H3,(H,18,21). The third kappa shape index (κ3) is 3.48. The van der Waals surface area contributed by atoms with Crippen LogP contribution in [0.3, 0.4) is 0 Å². The van der Waals surface area contributed by atoms with E-state index >= 15 is 0 Å². The Labute approximate surface area is 125 Å². The Balaban J connectivity index is 1.96. The molecule has 5 nitrogen and oxygen atoms in total. The van der Waals surface area contributed by atoms with E-state index in [-0.39, 0.29) is 5.91 Å². The number of rotatable bonds is 5. The van der Waals surface area contributed by atoms with E-state index in [1.807, 2.05) is 20.0 Å². The maximum Gasteiger partial charge on any atom is 0.253 e. The summed E-state index contributed by atoms with van der Waals surface area (Å²) in [6.45, 7) is 8.72. The lowest BCUT2D eigenvalue weighted by atomic mass is 10.2. The van der Waals surface area contributed by atoms with Crippen LogP contribution in [0.2, 0.25) is 0 Å². The molecule has 0 atom stereocenters. The lowest BCUT2D eigenvalue weighted by molar-refractivity contribution is 0.0953. The number of aryl methyl sites for hydroxylation is 2. The summed E-state index contributed by atoms with van der Waals surface area (Å²) in [5.41, 5.74) is 2.52. The van der Waals surface area contributed by atoms with Crippen molar-refractivity contribution < 1.29 is 4.79 Å². The van der Waals surface area contributed by atoms with Crippen LogP contribution < -0.4 is 5.32 Å². The molecular weight excluding hydrogens is 264 g/mol. The van der Waals surface area contributed by atoms with Crippen LogP contribution in [0, 0.1) is 13.8 Å². The first-order chi connectivity index (χ1) is 10.0. The van der Waals surface area contributed by atoms with Crippen molar-refractivity contribution in [3.05, 3.63) is 47.3 Å². The number of amides is 1. The van der Waals surface area contributed by atoms with Crippen LogP contribution in [0.15, 0.2) is 24.5 Å². The normalized spacial score (nSPS) is 10.9. The van der Waals surface area contributed by atoms with Crippen LogP contribution in [0.5, 0.6) is 0 Å². The van der Waals surface area contributed by atoms with Gasteiger partial charge in [-0.15, -0.1) is 0 Å². The van der Waals surface area contributed by atoms with Crippen molar-refractivity contribution in [2.45, 2.75) is 40.2 Å². The van der Waals surface area contributed by atoms with Gasteiger partial charge in [0, 0.05) is 42.8 Å². The Morgan fingerprint density at radius 3 is 2.76 bits per heavy atom. The number of aromatic nitrogens is 3. The topological polar surface area (TPSA) is 59.8 Å². The van der Waals surface area contributed by atoms with Crippen LogP contribution in [0.25, 0.3) is 0 Å². The molecule has 0 bridgehead atoms. The number of hydrogen-bond donors (Lipinski definition) is 1. The van der Waals surface area contributed by atoms with Crippen molar-refractivity contribution in [3.63, 3.8) is 0 Å². The fourth-order valence-corrected chi connectivity index (χ4v) is 2.49. The summed E-state index contributed by atoms with van der Waals surface area (Å²) < 4.78 is 2.20. The zero-order chi connectivity index (χ0) is 15.4. The smallest absolute Gasteiger partial charge is 0.253 e. The number of nitrogens with one attached hydrogen (secondary N) is 1. The summed E-state index contributed by atoms with van der Waals surface area (Å²) in [5, 5.41) is 2.93. The second-order valence-electron chi connectivity index (χ2n) is 5.42. The second kappa shape index (κ2) is 6.52. The number of hydrogen-bond acceptors (Lipinski definition) is 3. The second-order valence-corrected chi connectivity index (χ2v) is 5.42. The summed E-state index contributed by atoms with van der Waals surface area (Å²) in [6, 6.07) is 3.94. The van der Waals surface area contributed by atoms with Gasteiger partial charge in [-0.2, -0.15) is 0 Å². The van der Waals surface area contributed by atoms with Crippen molar-refractivity contribution >= 4 is 5.91 Å². The Morgan fingerprint density at radius 1 is 1.33 bits per heavy atom. The third-order valence-electron chi connectivity index (χ3n) is 3.46. The van der Waals surface area contributed by atoms with Crippen molar-refractivity contribution in [3.8, 4) is 0 Å². The van der Waals surface area contributed by atoms with Gasteiger partial charge in [0.15, 0.2) is 0 Å². The number of carbonyl (C=O) groups is 1. The first kappa shape index (κ1) is 15.2. The third-order valence-corrected chi connectivity index (χ3v) is 3.46. The van der Waals surface area contributed by atoms with E-state index < -0.39 is 0 Å². The van der Waals surface area contributed by atoms with Gasteiger partial charge in [-0.3, -0.25) is 9.78 Å². The number of nitrogens with zero attached hydrogens (tertiary/aromatic N) is 3. The summed E-state index contributed by atoms with van der Waals surface area (Å²) in [4.78, 5) is 20.7. The molecule has 5 heteroatoms. The van der Waals surface area contributed by atoms with Gasteiger partial charge in [-0.1, -0.05) is 0 Å². The van der Waals surface area contributed by atoms with E-state index in [0.717, 1.165) is 23.6 Å². The van der Waals surface area contributed by atoms with E-state index in [0.29, 0.717) is 18.2 Å². The Bertz CT molecular complexity index is 631. The number of carbonyl (C=O) groups excluding carboxylic acids is 1. The molecule has 21 heavy (non-hydrogen) atoms. The lowest BCUT2D eigenvalue weighted by Gasteiger charge is -2.14. The molecule has 2 heterocycles. The number of pyridine rings is 1. The maximum atomic E-state index is 12.1. The quantitative estimate of drug-likeness (QED) is 0.918. The highest BCUT2D eigenvalue weighted by Gasteiger charge is 2.12. The molecule has 112 valence electrons. The SMILES string of the molecule is Cc1ncccc1C(=O)NCCc1ncc(C)n1C(C)C. The predicted octanol–water partition coefficient (Wildman–Crippen LogP) is 2.45. The van der Waals surface area contributed by atoms with E-state index in [1.165, 1.54) is 0 Å². The molecule has 0 saturated carbocycles.